The van der Waals surface area contributed by atoms with Crippen LogP contribution in [0, 0.1) is 6.92 Å². The fourth-order valence-electron chi connectivity index (χ4n) is 3.29. The number of hydrogen-bond acceptors (Lipinski definition) is 7. The summed E-state index contributed by atoms with van der Waals surface area (Å²) in [6.07, 6.45) is 1.74. The maximum atomic E-state index is 13.4. The number of nitrogens with zero attached hydrogens (tertiary/aromatic N) is 5. The largest absolute Gasteiger partial charge is 0.419 e. The Bertz CT molecular complexity index is 1450. The van der Waals surface area contributed by atoms with Crippen molar-refractivity contribution >= 4 is 22.7 Å². The number of aromatic nitrogens is 5. The highest BCUT2D eigenvalue weighted by molar-refractivity contribution is 7.99. The zero-order valence-corrected chi connectivity index (χ0v) is 18.3. The lowest BCUT2D eigenvalue weighted by molar-refractivity contribution is 0.508. The number of pyridine rings is 1. The molecule has 0 amide bonds. The molecule has 32 heavy (non-hydrogen) atoms. The van der Waals surface area contributed by atoms with Gasteiger partial charge in [-0.15, -0.1) is 10.2 Å². The monoisotopic (exact) mass is 441 g/mol. The summed E-state index contributed by atoms with van der Waals surface area (Å²) >= 11 is 1.38. The van der Waals surface area contributed by atoms with Gasteiger partial charge in [-0.2, -0.15) is 0 Å². The molecule has 5 aromatic rings. The Kier molecular flexibility index (Phi) is 5.28. The molecular weight excluding hydrogens is 422 g/mol. The van der Waals surface area contributed by atoms with Crippen molar-refractivity contribution in [1.29, 1.82) is 0 Å². The van der Waals surface area contributed by atoms with Gasteiger partial charge in [0, 0.05) is 11.8 Å². The minimum Gasteiger partial charge on any atom is -0.419 e. The number of thioether (sulfide) groups is 1. The molecule has 0 fully saturated rings. The quantitative estimate of drug-likeness (QED) is 0.280. The highest BCUT2D eigenvalue weighted by Gasteiger charge is 2.21. The summed E-state index contributed by atoms with van der Waals surface area (Å²) in [6.45, 7) is 3.90. The van der Waals surface area contributed by atoms with E-state index >= 15 is 0 Å². The molecule has 1 unspecified atom stereocenters. The van der Waals surface area contributed by atoms with Crippen LogP contribution in [0.1, 0.15) is 23.6 Å². The Morgan fingerprint density at radius 3 is 2.53 bits per heavy atom. The molecule has 158 valence electrons. The number of aryl methyl sites for hydroxylation is 1. The van der Waals surface area contributed by atoms with Crippen LogP contribution in [0.15, 0.2) is 87.3 Å². The molecule has 7 nitrogen and oxygen atoms in total. The third-order valence-corrected chi connectivity index (χ3v) is 6.00. The highest BCUT2D eigenvalue weighted by atomic mass is 32.2. The first kappa shape index (κ1) is 20.1. The Morgan fingerprint density at radius 2 is 1.75 bits per heavy atom. The van der Waals surface area contributed by atoms with Crippen LogP contribution in [0.2, 0.25) is 0 Å². The summed E-state index contributed by atoms with van der Waals surface area (Å²) in [5.74, 6) is 1.43. The maximum absolute atomic E-state index is 13.4. The molecule has 0 bridgehead atoms. The lowest BCUT2D eigenvalue weighted by Crippen LogP contribution is -2.22. The second-order valence-corrected chi connectivity index (χ2v) is 8.63. The second kappa shape index (κ2) is 8.39. The van der Waals surface area contributed by atoms with Gasteiger partial charge in [-0.3, -0.25) is 4.79 Å². The minimum absolute atomic E-state index is 0.169. The van der Waals surface area contributed by atoms with E-state index in [4.69, 9.17) is 9.40 Å². The van der Waals surface area contributed by atoms with E-state index in [9.17, 15) is 4.79 Å². The highest BCUT2D eigenvalue weighted by Crippen LogP contribution is 2.35. The lowest BCUT2D eigenvalue weighted by Gasteiger charge is -2.14. The predicted octanol–water partition coefficient (Wildman–Crippen LogP) is 4.99. The van der Waals surface area contributed by atoms with Gasteiger partial charge in [0.1, 0.15) is 5.82 Å². The second-order valence-electron chi connectivity index (χ2n) is 7.32. The summed E-state index contributed by atoms with van der Waals surface area (Å²) in [6, 6.07) is 20.7. The van der Waals surface area contributed by atoms with Gasteiger partial charge in [0.15, 0.2) is 5.16 Å². The number of fused-ring (bicyclic) bond motifs is 1. The van der Waals surface area contributed by atoms with E-state index in [1.807, 2.05) is 74.5 Å². The molecule has 3 heterocycles. The van der Waals surface area contributed by atoms with E-state index < -0.39 is 0 Å². The molecule has 0 spiro atoms. The van der Waals surface area contributed by atoms with Crippen molar-refractivity contribution in [2.24, 2.45) is 0 Å². The van der Waals surface area contributed by atoms with Crippen LogP contribution < -0.4 is 5.56 Å². The van der Waals surface area contributed by atoms with Gasteiger partial charge in [0.2, 0.25) is 11.8 Å². The topological polar surface area (TPSA) is 86.7 Å². The first-order chi connectivity index (χ1) is 15.6. The summed E-state index contributed by atoms with van der Waals surface area (Å²) in [5, 5.41) is 9.21. The standard InChI is InChI=1S/C24H19N5O2S/c1-15-12-13-20(25-14-15)29-23(30)18-10-6-7-11-19(18)26-24(29)32-16(2)21-27-28-22(31-21)17-8-4-3-5-9-17/h3-14,16H,1-2H3. The van der Waals surface area contributed by atoms with Crippen LogP contribution in [0.5, 0.6) is 0 Å². The van der Waals surface area contributed by atoms with Gasteiger partial charge in [-0.1, -0.05) is 48.2 Å². The lowest BCUT2D eigenvalue weighted by atomic mass is 10.2. The van der Waals surface area contributed by atoms with Gasteiger partial charge in [-0.05, 0) is 49.7 Å². The van der Waals surface area contributed by atoms with Crippen molar-refractivity contribution in [2.45, 2.75) is 24.3 Å². The fraction of sp³-hybridized carbons (Fsp3) is 0.125. The van der Waals surface area contributed by atoms with Crippen molar-refractivity contribution < 1.29 is 4.42 Å². The van der Waals surface area contributed by atoms with E-state index in [1.54, 1.807) is 12.3 Å². The molecule has 0 N–H and O–H groups in total. The van der Waals surface area contributed by atoms with E-state index in [1.165, 1.54) is 16.3 Å². The Balaban J connectivity index is 1.56. The molecule has 1 atom stereocenters. The van der Waals surface area contributed by atoms with Gasteiger partial charge >= 0.3 is 0 Å². The molecule has 0 radical (unpaired) electrons. The molecular formula is C24H19N5O2S. The molecule has 0 saturated heterocycles. The van der Waals surface area contributed by atoms with Crippen LogP contribution in [0.4, 0.5) is 0 Å². The Hall–Kier alpha value is -3.78. The van der Waals surface area contributed by atoms with Crippen molar-refractivity contribution in [3.8, 4) is 17.3 Å². The average Bonchev–Trinajstić information content (AvgIpc) is 3.32. The molecule has 8 heteroatoms. The third kappa shape index (κ3) is 3.80. The van der Waals surface area contributed by atoms with Crippen molar-refractivity contribution in [3.05, 3.63) is 94.7 Å². The number of hydrogen-bond donors (Lipinski definition) is 0. The third-order valence-electron chi connectivity index (χ3n) is 4.96. The molecule has 0 aliphatic carbocycles. The van der Waals surface area contributed by atoms with Crippen LogP contribution in [0.25, 0.3) is 28.2 Å². The van der Waals surface area contributed by atoms with Gasteiger partial charge in [-0.25, -0.2) is 14.5 Å². The molecule has 5 rings (SSSR count). The smallest absolute Gasteiger partial charge is 0.267 e. The van der Waals surface area contributed by atoms with Crippen molar-refractivity contribution in [1.82, 2.24) is 24.7 Å². The minimum atomic E-state index is -0.232. The van der Waals surface area contributed by atoms with Crippen LogP contribution in [0.3, 0.4) is 0 Å². The first-order valence-corrected chi connectivity index (χ1v) is 11.0. The Morgan fingerprint density at radius 1 is 0.969 bits per heavy atom. The number of para-hydroxylation sites is 1. The van der Waals surface area contributed by atoms with Crippen LogP contribution in [-0.4, -0.2) is 24.7 Å². The number of rotatable bonds is 5. The van der Waals surface area contributed by atoms with E-state index in [0.29, 0.717) is 33.7 Å². The Labute approximate surface area is 188 Å². The predicted molar refractivity (Wildman–Crippen MR) is 124 cm³/mol. The molecule has 3 aromatic heterocycles. The average molecular weight is 442 g/mol. The normalized spacial score (nSPS) is 12.2. The summed E-state index contributed by atoms with van der Waals surface area (Å²) in [7, 11) is 0. The number of benzene rings is 2. The molecule has 0 aliphatic rings. The van der Waals surface area contributed by atoms with Crippen molar-refractivity contribution in [3.63, 3.8) is 0 Å². The molecule has 0 aliphatic heterocycles. The van der Waals surface area contributed by atoms with E-state index in [2.05, 4.69) is 15.2 Å². The fourth-order valence-corrected chi connectivity index (χ4v) is 4.24. The molecule has 0 saturated carbocycles. The zero-order valence-electron chi connectivity index (χ0n) is 17.5. The summed E-state index contributed by atoms with van der Waals surface area (Å²) in [4.78, 5) is 22.6. The SMILES string of the molecule is Cc1ccc(-n2c(SC(C)c3nnc(-c4ccccc4)o3)nc3ccccc3c2=O)nc1. The summed E-state index contributed by atoms with van der Waals surface area (Å²) < 4.78 is 7.45. The molecule has 2 aromatic carbocycles. The van der Waals surface area contributed by atoms with Gasteiger partial charge in [0.25, 0.3) is 5.56 Å². The van der Waals surface area contributed by atoms with E-state index in [0.717, 1.165) is 11.1 Å². The zero-order chi connectivity index (χ0) is 22.1. The van der Waals surface area contributed by atoms with Gasteiger partial charge < -0.3 is 4.42 Å². The van der Waals surface area contributed by atoms with Crippen LogP contribution >= 0.6 is 11.8 Å². The van der Waals surface area contributed by atoms with E-state index in [-0.39, 0.29) is 10.8 Å². The summed E-state index contributed by atoms with van der Waals surface area (Å²) in [5.41, 5.74) is 2.33. The van der Waals surface area contributed by atoms with Crippen molar-refractivity contribution in [2.75, 3.05) is 0 Å². The van der Waals surface area contributed by atoms with Crippen LogP contribution in [-0.2, 0) is 0 Å². The van der Waals surface area contributed by atoms with Gasteiger partial charge in [0.05, 0.1) is 16.2 Å². The maximum Gasteiger partial charge on any atom is 0.267 e. The first-order valence-electron chi connectivity index (χ1n) is 10.1.